The number of alkyl halides is 1. The molecule has 0 bridgehead atoms. The van der Waals surface area contributed by atoms with Crippen LogP contribution >= 0.6 is 27.5 Å². The highest BCUT2D eigenvalue weighted by molar-refractivity contribution is 9.10. The monoisotopic (exact) mass is 433 g/mol. The molecule has 2 aromatic carbocycles. The Kier molecular flexibility index (Phi) is 3.75. The maximum Gasteiger partial charge on any atom is 0.324 e. The molecule has 1 saturated heterocycles. The molecule has 26 heavy (non-hydrogen) atoms. The Morgan fingerprint density at radius 1 is 1.12 bits per heavy atom. The molecule has 1 aliphatic heterocycles. The number of anilines is 1. The molecule has 0 unspecified atom stereocenters. The van der Waals surface area contributed by atoms with E-state index in [1.54, 1.807) is 54.6 Å². The molecule has 132 valence electrons. The molecule has 2 aliphatic rings. The van der Waals surface area contributed by atoms with Crippen LogP contribution < -0.4 is 4.90 Å². The number of hydrogen-bond acceptors (Lipinski definition) is 4. The van der Waals surface area contributed by atoms with Crippen molar-refractivity contribution in [2.45, 2.75) is 9.74 Å². The first kappa shape index (κ1) is 17.2. The smallest absolute Gasteiger partial charge is 0.324 e. The minimum Gasteiger partial charge on any atom is -0.468 e. The van der Waals surface area contributed by atoms with Crippen molar-refractivity contribution in [3.8, 4) is 0 Å². The number of fused-ring (bicyclic) bond motifs is 1. The van der Waals surface area contributed by atoms with E-state index in [1.165, 1.54) is 7.11 Å². The summed E-state index contributed by atoms with van der Waals surface area (Å²) in [5, 5.41) is 0.497. The van der Waals surface area contributed by atoms with Gasteiger partial charge >= 0.3 is 5.97 Å². The van der Waals surface area contributed by atoms with Crippen LogP contribution in [-0.4, -0.2) is 29.2 Å². The minimum absolute atomic E-state index is 0.432. The predicted octanol–water partition coefficient (Wildman–Crippen LogP) is 3.09. The van der Waals surface area contributed by atoms with Gasteiger partial charge in [0.15, 0.2) is 4.32 Å². The molecule has 0 radical (unpaired) electrons. The maximum absolute atomic E-state index is 13.4. The number of ether oxygens (including phenoxy) is 1. The summed E-state index contributed by atoms with van der Waals surface area (Å²) in [5.74, 6) is -2.41. The van der Waals surface area contributed by atoms with E-state index >= 15 is 0 Å². The summed E-state index contributed by atoms with van der Waals surface area (Å²) in [6.07, 6.45) is 0. The van der Waals surface area contributed by atoms with E-state index in [-0.39, 0.29) is 0 Å². The zero-order valence-corrected chi connectivity index (χ0v) is 16.0. The van der Waals surface area contributed by atoms with Gasteiger partial charge in [-0.25, -0.2) is 4.90 Å². The molecule has 4 rings (SSSR count). The van der Waals surface area contributed by atoms with Gasteiger partial charge in [0.05, 0.1) is 18.7 Å². The van der Waals surface area contributed by atoms with Crippen LogP contribution in [0.4, 0.5) is 5.69 Å². The van der Waals surface area contributed by atoms with E-state index in [4.69, 9.17) is 16.3 Å². The molecule has 1 heterocycles. The van der Waals surface area contributed by atoms with Crippen molar-refractivity contribution in [3.63, 3.8) is 0 Å². The molecule has 1 saturated carbocycles. The first-order valence-corrected chi connectivity index (χ1v) is 9.04. The number of esters is 1. The van der Waals surface area contributed by atoms with Gasteiger partial charge in [-0.15, -0.1) is 0 Å². The lowest BCUT2D eigenvalue weighted by atomic mass is 9.91. The molecule has 2 aromatic rings. The van der Waals surface area contributed by atoms with Crippen LogP contribution in [0.15, 0.2) is 54.6 Å². The van der Waals surface area contributed by atoms with Crippen LogP contribution in [0.2, 0.25) is 5.02 Å². The summed E-state index contributed by atoms with van der Waals surface area (Å²) >= 11 is 9.34. The molecular weight excluding hydrogens is 422 g/mol. The van der Waals surface area contributed by atoms with Gasteiger partial charge in [-0.1, -0.05) is 57.9 Å². The zero-order chi connectivity index (χ0) is 18.7. The first-order chi connectivity index (χ1) is 12.4. The number of rotatable bonds is 3. The maximum atomic E-state index is 13.4. The van der Waals surface area contributed by atoms with E-state index in [0.717, 1.165) is 4.90 Å². The zero-order valence-electron chi connectivity index (χ0n) is 13.6. The lowest BCUT2D eigenvalue weighted by Crippen LogP contribution is -2.46. The van der Waals surface area contributed by atoms with Crippen LogP contribution in [0.25, 0.3) is 0 Å². The molecule has 2 amide bonds. The van der Waals surface area contributed by atoms with Gasteiger partial charge in [-0.3, -0.25) is 14.4 Å². The Balaban J connectivity index is 1.89. The topological polar surface area (TPSA) is 63.7 Å². The quantitative estimate of drug-likeness (QED) is 0.423. The second-order valence-corrected chi connectivity index (χ2v) is 7.95. The van der Waals surface area contributed by atoms with E-state index in [2.05, 4.69) is 15.9 Å². The highest BCUT2D eigenvalue weighted by Crippen LogP contribution is 2.73. The molecule has 2 fully saturated rings. The Morgan fingerprint density at radius 3 is 2.31 bits per heavy atom. The lowest BCUT2D eigenvalue weighted by Gasteiger charge is -2.25. The number of imide groups is 1. The van der Waals surface area contributed by atoms with Crippen LogP contribution in [-0.2, 0) is 24.5 Å². The number of amides is 2. The van der Waals surface area contributed by atoms with Crippen molar-refractivity contribution < 1.29 is 19.1 Å². The predicted molar refractivity (Wildman–Crippen MR) is 99.2 cm³/mol. The fourth-order valence-electron chi connectivity index (χ4n) is 3.94. The third kappa shape index (κ3) is 1.89. The number of carbonyl (C=O) groups excluding carboxylic acids is 3. The number of para-hydroxylation sites is 1. The van der Waals surface area contributed by atoms with Gasteiger partial charge in [-0.2, -0.15) is 0 Å². The second-order valence-electron chi connectivity index (χ2n) is 6.27. The van der Waals surface area contributed by atoms with Gasteiger partial charge < -0.3 is 4.74 Å². The Hall–Kier alpha value is -2.18. The second kappa shape index (κ2) is 5.66. The first-order valence-electron chi connectivity index (χ1n) is 7.87. The highest BCUT2D eigenvalue weighted by Gasteiger charge is 2.92. The largest absolute Gasteiger partial charge is 0.468 e. The highest BCUT2D eigenvalue weighted by atomic mass is 79.9. The Labute approximate surface area is 163 Å². The molecule has 0 aromatic heterocycles. The van der Waals surface area contributed by atoms with Gasteiger partial charge in [0.2, 0.25) is 11.8 Å². The fourth-order valence-corrected chi connectivity index (χ4v) is 5.28. The number of benzene rings is 2. The Bertz CT molecular complexity index is 932. The number of nitrogens with zero attached hydrogens (tertiary/aromatic N) is 1. The molecule has 1 aliphatic carbocycles. The summed E-state index contributed by atoms with van der Waals surface area (Å²) in [6, 6.07) is 15.3. The van der Waals surface area contributed by atoms with E-state index in [1.807, 2.05) is 0 Å². The summed E-state index contributed by atoms with van der Waals surface area (Å²) in [4.78, 5) is 40.1. The van der Waals surface area contributed by atoms with Gasteiger partial charge in [-0.05, 0) is 29.8 Å². The summed E-state index contributed by atoms with van der Waals surface area (Å²) in [7, 11) is 1.23. The van der Waals surface area contributed by atoms with E-state index in [9.17, 15) is 14.4 Å². The average Bonchev–Trinajstić information content (AvgIpc) is 3.15. The summed E-state index contributed by atoms with van der Waals surface area (Å²) in [6.45, 7) is 0. The molecule has 0 N–H and O–H groups in total. The van der Waals surface area contributed by atoms with Crippen LogP contribution in [0.1, 0.15) is 5.56 Å². The molecule has 5 nitrogen and oxygen atoms in total. The number of hydrogen-bond donors (Lipinski definition) is 0. The van der Waals surface area contributed by atoms with E-state index in [0.29, 0.717) is 16.3 Å². The van der Waals surface area contributed by atoms with Crippen molar-refractivity contribution in [3.05, 3.63) is 65.2 Å². The van der Waals surface area contributed by atoms with Crippen molar-refractivity contribution in [2.75, 3.05) is 12.0 Å². The number of piperidine rings is 1. The molecule has 3 atom stereocenters. The van der Waals surface area contributed by atoms with Crippen molar-refractivity contribution >= 4 is 51.0 Å². The average molecular weight is 435 g/mol. The van der Waals surface area contributed by atoms with Crippen molar-refractivity contribution in [1.29, 1.82) is 0 Å². The number of carbonyl (C=O) groups is 3. The number of methoxy groups -OCH3 is 1. The van der Waals surface area contributed by atoms with Crippen molar-refractivity contribution in [1.82, 2.24) is 0 Å². The molecule has 7 heteroatoms. The summed E-state index contributed by atoms with van der Waals surface area (Å²) in [5.41, 5.74) is -0.328. The van der Waals surface area contributed by atoms with Crippen LogP contribution in [0, 0.1) is 5.92 Å². The SMILES string of the molecule is COC(=O)[C@]1(Br)[C@H]2C(=O)N(c3ccccc3)C(=O)[C@@]21c1ccc(Cl)cc1. The third-order valence-corrected chi connectivity index (χ3v) is 6.78. The van der Waals surface area contributed by atoms with Gasteiger partial charge in [0.25, 0.3) is 0 Å². The molecule has 0 spiro atoms. The Morgan fingerprint density at radius 2 is 1.73 bits per heavy atom. The number of halogens is 2. The summed E-state index contributed by atoms with van der Waals surface area (Å²) < 4.78 is 3.47. The standard InChI is InChI=1S/C19H13BrClNO4/c1-26-17(25)19(20)14-15(23)22(13-5-3-2-4-6-13)16(24)18(14,19)11-7-9-12(21)10-8-11/h2-10,14H,1H3/t14-,18+,19+/m0/s1. The fraction of sp³-hybridized carbons (Fsp3) is 0.211. The molecular formula is C19H13BrClNO4. The normalized spacial score (nSPS) is 29.5. The minimum atomic E-state index is -1.41. The van der Waals surface area contributed by atoms with Gasteiger partial charge in [0.1, 0.15) is 5.41 Å². The third-order valence-electron chi connectivity index (χ3n) is 5.13. The van der Waals surface area contributed by atoms with Crippen molar-refractivity contribution in [2.24, 2.45) is 5.92 Å². The van der Waals surface area contributed by atoms with Crippen LogP contribution in [0.5, 0.6) is 0 Å². The lowest BCUT2D eigenvalue weighted by molar-refractivity contribution is -0.143. The van der Waals surface area contributed by atoms with Crippen LogP contribution in [0.3, 0.4) is 0 Å². The van der Waals surface area contributed by atoms with E-state index < -0.39 is 33.4 Å². The van der Waals surface area contributed by atoms with Gasteiger partial charge in [0, 0.05) is 5.02 Å².